The minimum atomic E-state index is 0.0771. The molecule has 0 atom stereocenters. The van der Waals surface area contributed by atoms with E-state index in [1.807, 2.05) is 29.2 Å². The van der Waals surface area contributed by atoms with Gasteiger partial charge in [0.2, 0.25) is 11.8 Å². The largest absolute Gasteiger partial charge is 0.497 e. The van der Waals surface area contributed by atoms with E-state index in [1.165, 1.54) is 11.8 Å². The molecule has 2 amide bonds. The minimum Gasteiger partial charge on any atom is -0.497 e. The van der Waals surface area contributed by atoms with Crippen LogP contribution in [0.1, 0.15) is 19.8 Å². The summed E-state index contributed by atoms with van der Waals surface area (Å²) in [6.45, 7) is 6.15. The number of hydrogen-bond donors (Lipinski definition) is 1. The fraction of sp³-hybridized carbons (Fsp3) is 0.579. The molecule has 0 aliphatic carbocycles. The van der Waals surface area contributed by atoms with Crippen LogP contribution in [0, 0.1) is 0 Å². The Labute approximate surface area is 160 Å². The third-order valence-electron chi connectivity index (χ3n) is 4.37. The van der Waals surface area contributed by atoms with Crippen molar-refractivity contribution in [2.75, 3.05) is 52.1 Å². The lowest BCUT2D eigenvalue weighted by atomic mass is 10.3. The number of thioether (sulfide) groups is 1. The van der Waals surface area contributed by atoms with Gasteiger partial charge in [-0.3, -0.25) is 14.5 Å². The van der Waals surface area contributed by atoms with Gasteiger partial charge in [0.1, 0.15) is 5.75 Å². The van der Waals surface area contributed by atoms with E-state index >= 15 is 0 Å². The van der Waals surface area contributed by atoms with Gasteiger partial charge in [-0.05, 0) is 30.7 Å². The summed E-state index contributed by atoms with van der Waals surface area (Å²) in [5.41, 5.74) is 0. The molecule has 2 rings (SSSR count). The number of nitrogens with zero attached hydrogens (tertiary/aromatic N) is 2. The Hall–Kier alpha value is -1.73. The number of hydrogen-bond acceptors (Lipinski definition) is 5. The second-order valence-corrected chi connectivity index (χ2v) is 7.37. The zero-order chi connectivity index (χ0) is 18.8. The van der Waals surface area contributed by atoms with Gasteiger partial charge in [0, 0.05) is 37.6 Å². The SMILES string of the molecule is CCCCNC(=O)CN1CCN(C(=O)CSc2ccc(OC)cc2)CC1. The fourth-order valence-corrected chi connectivity index (χ4v) is 3.53. The molecule has 26 heavy (non-hydrogen) atoms. The molecule has 0 bridgehead atoms. The van der Waals surface area contributed by atoms with Crippen LogP contribution in [0.3, 0.4) is 0 Å². The van der Waals surface area contributed by atoms with Gasteiger partial charge in [-0.25, -0.2) is 0 Å². The smallest absolute Gasteiger partial charge is 0.234 e. The highest BCUT2D eigenvalue weighted by Crippen LogP contribution is 2.21. The van der Waals surface area contributed by atoms with Crippen LogP contribution < -0.4 is 10.1 Å². The standard InChI is InChI=1S/C19H29N3O3S/c1-3-4-9-20-18(23)14-21-10-12-22(13-11-21)19(24)15-26-17-7-5-16(25-2)6-8-17/h5-8H,3-4,9-15H2,1-2H3,(H,20,23). The van der Waals surface area contributed by atoms with Crippen LogP contribution >= 0.6 is 11.8 Å². The number of rotatable bonds is 9. The van der Waals surface area contributed by atoms with Gasteiger partial charge >= 0.3 is 0 Å². The molecular formula is C19H29N3O3S. The zero-order valence-corrected chi connectivity index (χ0v) is 16.5. The zero-order valence-electron chi connectivity index (χ0n) is 15.7. The minimum absolute atomic E-state index is 0.0771. The number of carbonyl (C=O) groups is 2. The summed E-state index contributed by atoms with van der Waals surface area (Å²) in [5.74, 6) is 1.48. The molecule has 1 N–H and O–H groups in total. The summed E-state index contributed by atoms with van der Waals surface area (Å²) in [7, 11) is 1.64. The van der Waals surface area contributed by atoms with Crippen molar-refractivity contribution in [1.82, 2.24) is 15.1 Å². The second-order valence-electron chi connectivity index (χ2n) is 6.32. The maximum absolute atomic E-state index is 12.4. The van der Waals surface area contributed by atoms with Gasteiger partial charge in [-0.2, -0.15) is 0 Å². The van der Waals surface area contributed by atoms with Crippen molar-refractivity contribution < 1.29 is 14.3 Å². The van der Waals surface area contributed by atoms with Crippen molar-refractivity contribution in [3.63, 3.8) is 0 Å². The highest BCUT2D eigenvalue weighted by Gasteiger charge is 2.22. The first-order valence-corrected chi connectivity index (χ1v) is 10.1. The van der Waals surface area contributed by atoms with Crippen LogP contribution in [0.5, 0.6) is 5.75 Å². The van der Waals surface area contributed by atoms with Gasteiger partial charge in [0.25, 0.3) is 0 Å². The van der Waals surface area contributed by atoms with E-state index < -0.39 is 0 Å². The summed E-state index contributed by atoms with van der Waals surface area (Å²) in [6.07, 6.45) is 2.09. The van der Waals surface area contributed by atoms with Gasteiger partial charge in [-0.1, -0.05) is 13.3 Å². The van der Waals surface area contributed by atoms with Gasteiger partial charge < -0.3 is 15.0 Å². The number of methoxy groups -OCH3 is 1. The molecule has 0 spiro atoms. The van der Waals surface area contributed by atoms with Crippen LogP contribution in [0.25, 0.3) is 0 Å². The highest BCUT2D eigenvalue weighted by atomic mass is 32.2. The van der Waals surface area contributed by atoms with Gasteiger partial charge in [0.15, 0.2) is 0 Å². The third kappa shape index (κ3) is 6.88. The molecule has 0 saturated carbocycles. The monoisotopic (exact) mass is 379 g/mol. The quantitative estimate of drug-likeness (QED) is 0.524. The van der Waals surface area contributed by atoms with Crippen molar-refractivity contribution in [3.05, 3.63) is 24.3 Å². The van der Waals surface area contributed by atoms with Crippen molar-refractivity contribution in [2.45, 2.75) is 24.7 Å². The van der Waals surface area contributed by atoms with E-state index in [-0.39, 0.29) is 11.8 Å². The lowest BCUT2D eigenvalue weighted by Gasteiger charge is -2.34. The first-order chi connectivity index (χ1) is 12.6. The summed E-state index contributed by atoms with van der Waals surface area (Å²) in [6, 6.07) is 7.73. The van der Waals surface area contributed by atoms with Crippen LogP contribution in [0.15, 0.2) is 29.2 Å². The molecule has 0 radical (unpaired) electrons. The summed E-state index contributed by atoms with van der Waals surface area (Å²) >= 11 is 1.54. The fourth-order valence-electron chi connectivity index (χ4n) is 2.73. The summed E-state index contributed by atoms with van der Waals surface area (Å²) in [4.78, 5) is 29.3. The topological polar surface area (TPSA) is 61.9 Å². The molecule has 1 aromatic carbocycles. The third-order valence-corrected chi connectivity index (χ3v) is 5.36. The molecule has 144 valence electrons. The average molecular weight is 380 g/mol. The van der Waals surface area contributed by atoms with Crippen LogP contribution in [0.2, 0.25) is 0 Å². The number of carbonyl (C=O) groups excluding carboxylic acids is 2. The Morgan fingerprint density at radius 1 is 1.15 bits per heavy atom. The van der Waals surface area contributed by atoms with Crippen LogP contribution in [0.4, 0.5) is 0 Å². The van der Waals surface area contributed by atoms with Crippen molar-refractivity contribution in [1.29, 1.82) is 0 Å². The van der Waals surface area contributed by atoms with Crippen LogP contribution in [-0.4, -0.2) is 73.7 Å². The maximum Gasteiger partial charge on any atom is 0.234 e. The Kier molecular flexibility index (Phi) is 8.77. The van der Waals surface area contributed by atoms with Crippen LogP contribution in [-0.2, 0) is 9.59 Å². The van der Waals surface area contributed by atoms with E-state index in [2.05, 4.69) is 17.1 Å². The second kappa shape index (κ2) is 11.1. The number of nitrogens with one attached hydrogen (secondary N) is 1. The van der Waals surface area contributed by atoms with Gasteiger partial charge in [0.05, 0.1) is 19.4 Å². The number of piperazine rings is 1. The first-order valence-electron chi connectivity index (χ1n) is 9.16. The molecule has 0 aromatic heterocycles. The van der Waals surface area contributed by atoms with Gasteiger partial charge in [-0.15, -0.1) is 11.8 Å². The van der Waals surface area contributed by atoms with E-state index in [1.54, 1.807) is 7.11 Å². The molecule has 1 saturated heterocycles. The molecule has 1 aliphatic heterocycles. The molecule has 1 aliphatic rings. The van der Waals surface area contributed by atoms with E-state index in [0.717, 1.165) is 43.1 Å². The molecule has 7 heteroatoms. The highest BCUT2D eigenvalue weighted by molar-refractivity contribution is 8.00. The lowest BCUT2D eigenvalue weighted by molar-refractivity contribution is -0.130. The predicted octanol–water partition coefficient (Wildman–Crippen LogP) is 1.85. The van der Waals surface area contributed by atoms with E-state index in [9.17, 15) is 9.59 Å². The molecule has 1 heterocycles. The first kappa shape index (κ1) is 20.6. The number of amides is 2. The molecule has 6 nitrogen and oxygen atoms in total. The Bertz CT molecular complexity index is 572. The summed E-state index contributed by atoms with van der Waals surface area (Å²) in [5, 5.41) is 2.94. The Balaban J connectivity index is 1.66. The molecule has 1 aromatic rings. The van der Waals surface area contributed by atoms with E-state index in [4.69, 9.17) is 4.74 Å². The number of benzene rings is 1. The Morgan fingerprint density at radius 3 is 2.46 bits per heavy atom. The summed E-state index contributed by atoms with van der Waals surface area (Å²) < 4.78 is 5.14. The lowest BCUT2D eigenvalue weighted by Crippen LogP contribution is -2.51. The maximum atomic E-state index is 12.4. The number of unbranched alkanes of at least 4 members (excludes halogenated alkanes) is 1. The van der Waals surface area contributed by atoms with E-state index in [0.29, 0.717) is 25.4 Å². The average Bonchev–Trinajstić information content (AvgIpc) is 2.67. The Morgan fingerprint density at radius 2 is 1.85 bits per heavy atom. The van der Waals surface area contributed by atoms with Crippen molar-refractivity contribution >= 4 is 23.6 Å². The molecule has 0 unspecified atom stereocenters. The predicted molar refractivity (Wildman–Crippen MR) is 105 cm³/mol. The normalized spacial score (nSPS) is 14.9. The molecule has 1 fully saturated rings. The number of ether oxygens (including phenoxy) is 1. The molecular weight excluding hydrogens is 350 g/mol. The van der Waals surface area contributed by atoms with Crippen molar-refractivity contribution in [3.8, 4) is 5.75 Å². The van der Waals surface area contributed by atoms with Crippen molar-refractivity contribution in [2.24, 2.45) is 0 Å².